The van der Waals surface area contributed by atoms with Gasteiger partial charge in [0.25, 0.3) is 5.56 Å². The Morgan fingerprint density at radius 1 is 1.21 bits per heavy atom. The van der Waals surface area contributed by atoms with Crippen molar-refractivity contribution in [3.05, 3.63) is 91.3 Å². The lowest BCUT2D eigenvalue weighted by Crippen LogP contribution is -2.43. The van der Waals surface area contributed by atoms with Gasteiger partial charge in [0.2, 0.25) is 0 Å². The molecule has 7 nitrogen and oxygen atoms in total. The second-order valence-electron chi connectivity index (χ2n) is 7.92. The van der Waals surface area contributed by atoms with Crippen molar-refractivity contribution in [3.63, 3.8) is 0 Å². The molecule has 3 aromatic rings. The van der Waals surface area contributed by atoms with E-state index >= 15 is 0 Å². The number of benzene rings is 2. The van der Waals surface area contributed by atoms with Crippen LogP contribution in [-0.2, 0) is 26.4 Å². The number of nitrogens with zero attached hydrogens (tertiary/aromatic N) is 3. The second kappa shape index (κ2) is 9.72. The van der Waals surface area contributed by atoms with Crippen molar-refractivity contribution in [2.75, 3.05) is 6.61 Å². The Balaban J connectivity index is 1.79. The molecule has 9 heteroatoms. The van der Waals surface area contributed by atoms with E-state index in [1.807, 2.05) is 0 Å². The minimum Gasteiger partial charge on any atom is -0.443 e. The summed E-state index contributed by atoms with van der Waals surface area (Å²) >= 11 is 6.09. The van der Waals surface area contributed by atoms with Crippen LogP contribution in [0.25, 0.3) is 0 Å². The van der Waals surface area contributed by atoms with E-state index in [0.29, 0.717) is 35.1 Å². The highest BCUT2D eigenvalue weighted by Gasteiger charge is 2.30. The maximum Gasteiger partial charge on any atom is 0.332 e. The number of aromatic nitrogens is 2. The molecule has 2 aromatic carbocycles. The SMILES string of the molecule is Cn1c2c(c(=O)n(CCCO)c1=O)CC(Cc1ccc(F)cc1)C(Oc1cccc(Cl)c1)=N2. The quantitative estimate of drug-likeness (QED) is 0.598. The monoisotopic (exact) mass is 471 g/mol. The number of ether oxygens (including phenoxy) is 1. The lowest BCUT2D eigenvalue weighted by Gasteiger charge is -2.26. The van der Waals surface area contributed by atoms with Crippen molar-refractivity contribution >= 4 is 23.3 Å². The minimum atomic E-state index is -0.505. The molecule has 0 saturated heterocycles. The smallest absolute Gasteiger partial charge is 0.332 e. The van der Waals surface area contributed by atoms with Crippen LogP contribution in [0.3, 0.4) is 0 Å². The fourth-order valence-electron chi connectivity index (χ4n) is 3.92. The lowest BCUT2D eigenvalue weighted by molar-refractivity contribution is 0.277. The number of halogens is 2. The molecule has 1 aliphatic heterocycles. The molecular weight excluding hydrogens is 449 g/mol. The summed E-state index contributed by atoms with van der Waals surface area (Å²) in [6, 6.07) is 13.0. The first-order valence-corrected chi connectivity index (χ1v) is 10.9. The molecule has 172 valence electrons. The topological polar surface area (TPSA) is 85.8 Å². The molecule has 1 N–H and O–H groups in total. The summed E-state index contributed by atoms with van der Waals surface area (Å²) in [4.78, 5) is 30.5. The van der Waals surface area contributed by atoms with Crippen molar-refractivity contribution in [3.8, 4) is 5.75 Å². The number of hydrogen-bond donors (Lipinski definition) is 1. The number of fused-ring (bicyclic) bond motifs is 1. The molecule has 0 spiro atoms. The van der Waals surface area contributed by atoms with Crippen LogP contribution in [0.5, 0.6) is 5.75 Å². The predicted molar refractivity (Wildman–Crippen MR) is 124 cm³/mol. The zero-order valence-electron chi connectivity index (χ0n) is 18.0. The fourth-order valence-corrected chi connectivity index (χ4v) is 4.10. The summed E-state index contributed by atoms with van der Waals surface area (Å²) in [6.07, 6.45) is 1.04. The molecular formula is C24H23ClFN3O4. The van der Waals surface area contributed by atoms with Crippen molar-refractivity contribution in [2.24, 2.45) is 18.0 Å². The first kappa shape index (κ1) is 22.9. The van der Waals surface area contributed by atoms with Crippen LogP contribution >= 0.6 is 11.6 Å². The molecule has 0 bridgehead atoms. The van der Waals surface area contributed by atoms with Crippen molar-refractivity contribution in [1.82, 2.24) is 9.13 Å². The highest BCUT2D eigenvalue weighted by molar-refractivity contribution is 6.30. The summed E-state index contributed by atoms with van der Waals surface area (Å²) in [5.74, 6) is 0.418. The first-order valence-electron chi connectivity index (χ1n) is 10.6. The minimum absolute atomic E-state index is 0.119. The van der Waals surface area contributed by atoms with Gasteiger partial charge >= 0.3 is 5.69 Å². The molecule has 0 radical (unpaired) electrons. The second-order valence-corrected chi connectivity index (χ2v) is 8.36. The molecule has 0 amide bonds. The number of rotatable bonds is 6. The van der Waals surface area contributed by atoms with E-state index in [1.54, 1.807) is 43.4 Å². The van der Waals surface area contributed by atoms with Crippen LogP contribution in [0.15, 0.2) is 63.1 Å². The molecule has 4 rings (SSSR count). The number of aliphatic hydroxyl groups excluding tert-OH is 1. The van der Waals surface area contributed by atoms with Gasteiger partial charge in [0.05, 0.1) is 5.56 Å². The highest BCUT2D eigenvalue weighted by atomic mass is 35.5. The lowest BCUT2D eigenvalue weighted by atomic mass is 9.91. The normalized spacial score (nSPS) is 15.2. The molecule has 1 atom stereocenters. The average Bonchev–Trinajstić information content (AvgIpc) is 2.80. The summed E-state index contributed by atoms with van der Waals surface area (Å²) in [5, 5.41) is 9.64. The van der Waals surface area contributed by atoms with Gasteiger partial charge in [-0.2, -0.15) is 4.99 Å². The van der Waals surface area contributed by atoms with E-state index in [2.05, 4.69) is 4.99 Å². The summed E-state index contributed by atoms with van der Waals surface area (Å²) in [6.45, 7) is -0.0108. The van der Waals surface area contributed by atoms with Gasteiger partial charge < -0.3 is 9.84 Å². The van der Waals surface area contributed by atoms with E-state index in [1.165, 1.54) is 16.7 Å². The summed E-state index contributed by atoms with van der Waals surface area (Å²) < 4.78 is 21.9. The molecule has 33 heavy (non-hydrogen) atoms. The van der Waals surface area contributed by atoms with Gasteiger partial charge in [0.1, 0.15) is 17.4 Å². The Labute approximate surface area is 194 Å². The average molecular weight is 472 g/mol. The van der Waals surface area contributed by atoms with Crippen LogP contribution < -0.4 is 16.0 Å². The van der Waals surface area contributed by atoms with Gasteiger partial charge in [-0.1, -0.05) is 29.8 Å². The Kier molecular flexibility index (Phi) is 6.76. The zero-order chi connectivity index (χ0) is 23.5. The van der Waals surface area contributed by atoms with Gasteiger partial charge in [-0.25, -0.2) is 9.18 Å². The third kappa shape index (κ3) is 4.91. The third-order valence-corrected chi connectivity index (χ3v) is 5.81. The summed E-state index contributed by atoms with van der Waals surface area (Å²) in [7, 11) is 1.55. The van der Waals surface area contributed by atoms with E-state index in [-0.39, 0.29) is 37.1 Å². The molecule has 1 aromatic heterocycles. The van der Waals surface area contributed by atoms with Crippen LogP contribution in [0, 0.1) is 11.7 Å². The van der Waals surface area contributed by atoms with Crippen molar-refractivity contribution in [2.45, 2.75) is 25.8 Å². The van der Waals surface area contributed by atoms with Crippen LogP contribution in [-0.4, -0.2) is 26.7 Å². The standard InChI is InChI=1S/C24H23ClFN3O4/c1-28-21-20(23(31)29(24(28)32)10-3-11-30)13-16(12-15-6-8-18(26)9-7-15)22(27-21)33-19-5-2-4-17(25)14-19/h2,4-9,14,16,30H,3,10-13H2,1H3. The van der Waals surface area contributed by atoms with Gasteiger partial charge in [-0.3, -0.25) is 13.9 Å². The number of aliphatic imine (C=N–C) groups is 1. The Bertz CT molecular complexity index is 1310. The van der Waals surface area contributed by atoms with E-state index in [0.717, 1.165) is 10.1 Å². The van der Waals surface area contributed by atoms with Gasteiger partial charge in [-0.15, -0.1) is 0 Å². The first-order chi connectivity index (χ1) is 15.9. The Morgan fingerprint density at radius 3 is 2.67 bits per heavy atom. The maximum absolute atomic E-state index is 13.4. The molecule has 2 heterocycles. The Morgan fingerprint density at radius 2 is 1.97 bits per heavy atom. The third-order valence-electron chi connectivity index (χ3n) is 5.58. The van der Waals surface area contributed by atoms with E-state index in [9.17, 15) is 14.0 Å². The summed E-state index contributed by atoms with van der Waals surface area (Å²) in [5.41, 5.74) is 0.338. The zero-order valence-corrected chi connectivity index (χ0v) is 18.8. The van der Waals surface area contributed by atoms with Crippen molar-refractivity contribution < 1.29 is 14.2 Å². The van der Waals surface area contributed by atoms with Crippen LogP contribution in [0.1, 0.15) is 17.5 Å². The van der Waals surface area contributed by atoms with Gasteiger partial charge in [-0.05, 0) is 55.2 Å². The number of hydrogen-bond acceptors (Lipinski definition) is 5. The largest absolute Gasteiger partial charge is 0.443 e. The maximum atomic E-state index is 13.4. The fraction of sp³-hybridized carbons (Fsp3) is 0.292. The van der Waals surface area contributed by atoms with Gasteiger partial charge in [0.15, 0.2) is 5.90 Å². The van der Waals surface area contributed by atoms with E-state index in [4.69, 9.17) is 21.4 Å². The molecule has 0 aliphatic carbocycles. The molecule has 1 aliphatic rings. The van der Waals surface area contributed by atoms with Crippen LogP contribution in [0.4, 0.5) is 10.2 Å². The predicted octanol–water partition coefficient (Wildman–Crippen LogP) is 3.25. The highest BCUT2D eigenvalue weighted by Crippen LogP contribution is 2.29. The Hall–Kier alpha value is -3.23. The van der Waals surface area contributed by atoms with E-state index < -0.39 is 11.2 Å². The molecule has 0 saturated carbocycles. The molecule has 1 unspecified atom stereocenters. The molecule has 0 fully saturated rings. The van der Waals surface area contributed by atoms with Gasteiger partial charge in [0, 0.05) is 31.1 Å². The number of aliphatic hydroxyl groups is 1. The van der Waals surface area contributed by atoms with Crippen LogP contribution in [0.2, 0.25) is 5.02 Å². The van der Waals surface area contributed by atoms with Crippen molar-refractivity contribution in [1.29, 1.82) is 0 Å².